The molecule has 1 aliphatic heterocycles. The van der Waals surface area contributed by atoms with Crippen molar-refractivity contribution in [1.82, 2.24) is 0 Å². The molecular formula is C48H77FO7. The van der Waals surface area contributed by atoms with Crippen molar-refractivity contribution in [3.8, 4) is 5.75 Å². The Labute approximate surface area is 338 Å². The minimum Gasteiger partial charge on any atom is -0.497 e. The maximum absolute atomic E-state index is 15.2. The van der Waals surface area contributed by atoms with Crippen molar-refractivity contribution in [3.63, 3.8) is 0 Å². The van der Waals surface area contributed by atoms with Crippen LogP contribution in [0.15, 0.2) is 42.5 Å². The number of aliphatic hydroxyl groups excluding tert-OH is 4. The lowest BCUT2D eigenvalue weighted by molar-refractivity contribution is -0.182. The fourth-order valence-corrected chi connectivity index (χ4v) is 9.19. The summed E-state index contributed by atoms with van der Waals surface area (Å²) in [6.45, 7) is 0.115. The molecule has 6 atom stereocenters. The van der Waals surface area contributed by atoms with Gasteiger partial charge in [-0.1, -0.05) is 153 Å². The Bertz CT molecular complexity index is 1310. The maximum atomic E-state index is 15.2. The van der Waals surface area contributed by atoms with Crippen LogP contribution in [0.2, 0.25) is 0 Å². The molecule has 4 N–H and O–H groups in total. The number of benzene rings is 2. The van der Waals surface area contributed by atoms with Crippen LogP contribution < -0.4 is 4.74 Å². The van der Waals surface area contributed by atoms with Crippen LogP contribution in [0.5, 0.6) is 5.75 Å². The SMILES string of the molecule is COc1ccc(Cc2cc([C@@H]3OCOCCCCCCCCCCCCCCCCCCCCCCCC4CC[C@@](CO)(C4)[C@H](O)[C@H](O)[C@H]3O)ccc2F)cc1. The molecule has 4 rings (SSSR count). The van der Waals surface area contributed by atoms with Crippen molar-refractivity contribution >= 4 is 0 Å². The molecule has 0 radical (unpaired) electrons. The molecule has 0 spiro atoms. The van der Waals surface area contributed by atoms with Crippen LogP contribution in [0.25, 0.3) is 0 Å². The second-order valence-electron chi connectivity index (χ2n) is 17.3. The number of aliphatic hydroxyl groups is 4. The number of halogens is 1. The lowest BCUT2D eigenvalue weighted by Gasteiger charge is -2.39. The van der Waals surface area contributed by atoms with Gasteiger partial charge in [-0.15, -0.1) is 0 Å². The third-order valence-corrected chi connectivity index (χ3v) is 12.9. The van der Waals surface area contributed by atoms with Gasteiger partial charge in [-0.05, 0) is 72.6 Å². The van der Waals surface area contributed by atoms with E-state index in [0.717, 1.165) is 37.7 Å². The summed E-state index contributed by atoms with van der Waals surface area (Å²) in [5.74, 6) is 0.684. The highest BCUT2D eigenvalue weighted by Crippen LogP contribution is 2.47. The van der Waals surface area contributed by atoms with E-state index >= 15 is 4.39 Å². The number of ether oxygens (including phenoxy) is 3. The van der Waals surface area contributed by atoms with E-state index in [2.05, 4.69) is 0 Å². The smallest absolute Gasteiger partial charge is 0.147 e. The van der Waals surface area contributed by atoms with Crippen molar-refractivity contribution in [2.24, 2.45) is 11.3 Å². The first-order valence-corrected chi connectivity index (χ1v) is 22.6. The van der Waals surface area contributed by atoms with Crippen molar-refractivity contribution in [1.29, 1.82) is 0 Å². The van der Waals surface area contributed by atoms with Gasteiger partial charge in [0.25, 0.3) is 0 Å². The topological polar surface area (TPSA) is 109 Å². The van der Waals surface area contributed by atoms with Crippen molar-refractivity contribution < 1.29 is 39.0 Å². The van der Waals surface area contributed by atoms with Crippen LogP contribution in [0.3, 0.4) is 0 Å². The monoisotopic (exact) mass is 785 g/mol. The second kappa shape index (κ2) is 26.8. The zero-order valence-electron chi connectivity index (χ0n) is 34.8. The van der Waals surface area contributed by atoms with E-state index in [-0.39, 0.29) is 19.2 Å². The highest BCUT2D eigenvalue weighted by molar-refractivity contribution is 5.35. The molecule has 2 aromatic carbocycles. The van der Waals surface area contributed by atoms with Gasteiger partial charge in [0.15, 0.2) is 0 Å². The largest absolute Gasteiger partial charge is 0.497 e. The Morgan fingerprint density at radius 2 is 1.21 bits per heavy atom. The zero-order chi connectivity index (χ0) is 39.9. The van der Waals surface area contributed by atoms with Gasteiger partial charge < -0.3 is 34.6 Å². The first-order chi connectivity index (χ1) is 27.4. The molecular weight excluding hydrogens is 708 g/mol. The minimum absolute atomic E-state index is 0.122. The Kier molecular flexibility index (Phi) is 22.3. The summed E-state index contributed by atoms with van der Waals surface area (Å²) in [5, 5.41) is 45.7. The van der Waals surface area contributed by atoms with E-state index in [0.29, 0.717) is 48.7 Å². The van der Waals surface area contributed by atoms with Gasteiger partial charge in [0.05, 0.1) is 19.8 Å². The third kappa shape index (κ3) is 15.9. The van der Waals surface area contributed by atoms with Gasteiger partial charge in [-0.2, -0.15) is 0 Å². The lowest BCUT2D eigenvalue weighted by Crippen LogP contribution is -2.51. The van der Waals surface area contributed by atoms with Gasteiger partial charge >= 0.3 is 0 Å². The molecule has 2 fully saturated rings. The fraction of sp³-hybridized carbons (Fsp3) is 0.750. The van der Waals surface area contributed by atoms with E-state index < -0.39 is 29.8 Å². The lowest BCUT2D eigenvalue weighted by atomic mass is 9.75. The molecule has 1 unspecified atom stereocenters. The predicted octanol–water partition coefficient (Wildman–Crippen LogP) is 10.9. The molecule has 2 bridgehead atoms. The molecule has 8 heteroatoms. The van der Waals surface area contributed by atoms with E-state index in [4.69, 9.17) is 14.2 Å². The van der Waals surface area contributed by atoms with Gasteiger partial charge in [0.1, 0.15) is 36.7 Å². The molecule has 1 saturated carbocycles. The molecule has 2 aromatic rings. The number of fused-ring (bicyclic) bond motifs is 2. The number of hydrogen-bond acceptors (Lipinski definition) is 7. The van der Waals surface area contributed by atoms with Crippen LogP contribution in [0.4, 0.5) is 4.39 Å². The normalized spacial score (nSPS) is 29.0. The molecule has 1 aliphatic carbocycles. The van der Waals surface area contributed by atoms with E-state index in [1.165, 1.54) is 122 Å². The van der Waals surface area contributed by atoms with Gasteiger partial charge in [0, 0.05) is 18.4 Å². The summed E-state index contributed by atoms with van der Waals surface area (Å²) in [5.41, 5.74) is 0.874. The molecule has 7 nitrogen and oxygen atoms in total. The third-order valence-electron chi connectivity index (χ3n) is 12.9. The van der Waals surface area contributed by atoms with Crippen LogP contribution in [0.1, 0.15) is 183 Å². The summed E-state index contributed by atoms with van der Waals surface area (Å²) < 4.78 is 32.5. The van der Waals surface area contributed by atoms with Crippen LogP contribution >= 0.6 is 0 Å². The van der Waals surface area contributed by atoms with Crippen LogP contribution in [-0.2, 0) is 15.9 Å². The van der Waals surface area contributed by atoms with Gasteiger partial charge in [-0.25, -0.2) is 4.39 Å². The number of methoxy groups -OCH3 is 1. The van der Waals surface area contributed by atoms with Crippen molar-refractivity contribution in [2.75, 3.05) is 27.1 Å². The summed E-state index contributed by atoms with van der Waals surface area (Å²) in [6, 6.07) is 12.0. The molecule has 0 amide bonds. The first kappa shape index (κ1) is 46.6. The van der Waals surface area contributed by atoms with Crippen LogP contribution in [0, 0.1) is 17.2 Å². The summed E-state index contributed by atoms with van der Waals surface area (Å²) in [4.78, 5) is 0. The minimum atomic E-state index is -1.60. The molecule has 2 aliphatic rings. The Morgan fingerprint density at radius 3 is 1.75 bits per heavy atom. The quantitative estimate of drug-likeness (QED) is 0.239. The standard InChI is InChI=1S/C48H77FO7/c1-54-42-27-24-38(25-28-42)33-41-34-40(26-29-43(41)49)46-44(51)45(52)47(53)48(36-50)31-30-39(35-48)23-21-19-17-15-13-11-9-7-5-3-2-4-6-8-10-12-14-16-18-20-22-32-55-37-56-46/h24-29,34,39,44-47,50-53H,2-23,30-33,35-37H2,1H3/t39?,44-,45-,46+,47-,48+/m1/s1. The van der Waals surface area contributed by atoms with Gasteiger partial charge in [-0.3, -0.25) is 0 Å². The van der Waals surface area contributed by atoms with E-state index in [9.17, 15) is 20.4 Å². The number of hydrogen-bond donors (Lipinski definition) is 4. The average molecular weight is 785 g/mol. The van der Waals surface area contributed by atoms with E-state index in [1.807, 2.05) is 24.3 Å². The van der Waals surface area contributed by atoms with Crippen molar-refractivity contribution in [3.05, 3.63) is 65.0 Å². The summed E-state index contributed by atoms with van der Waals surface area (Å²) >= 11 is 0. The fourth-order valence-electron chi connectivity index (χ4n) is 9.19. The molecule has 318 valence electrons. The zero-order valence-corrected chi connectivity index (χ0v) is 34.8. The number of rotatable bonds is 5. The highest BCUT2D eigenvalue weighted by Gasteiger charge is 2.49. The Morgan fingerprint density at radius 1 is 0.679 bits per heavy atom. The van der Waals surface area contributed by atoms with Crippen LogP contribution in [-0.4, -0.2) is 65.9 Å². The Hall–Kier alpha value is -2.07. The summed E-state index contributed by atoms with van der Waals surface area (Å²) in [7, 11) is 1.60. The Balaban J connectivity index is 1.40. The molecule has 1 saturated heterocycles. The van der Waals surface area contributed by atoms with E-state index in [1.54, 1.807) is 19.2 Å². The average Bonchev–Trinajstić information content (AvgIpc) is 3.65. The molecule has 1 heterocycles. The maximum Gasteiger partial charge on any atom is 0.147 e. The van der Waals surface area contributed by atoms with Gasteiger partial charge in [0.2, 0.25) is 0 Å². The highest BCUT2D eigenvalue weighted by atomic mass is 19.1. The second-order valence-corrected chi connectivity index (χ2v) is 17.3. The van der Waals surface area contributed by atoms with Crippen molar-refractivity contribution in [2.45, 2.75) is 191 Å². The molecule has 0 aromatic heterocycles. The molecule has 56 heavy (non-hydrogen) atoms. The summed E-state index contributed by atoms with van der Waals surface area (Å²) in [6.07, 6.45) is 24.8. The predicted molar refractivity (Wildman–Crippen MR) is 223 cm³/mol. The first-order valence-electron chi connectivity index (χ1n) is 22.6.